The van der Waals surface area contributed by atoms with Crippen molar-refractivity contribution in [1.29, 1.82) is 5.26 Å². The first-order valence-electron chi connectivity index (χ1n) is 9.13. The second-order valence-corrected chi connectivity index (χ2v) is 7.78. The molecule has 0 unspecified atom stereocenters. The maximum Gasteiger partial charge on any atom is 0.292 e. The van der Waals surface area contributed by atoms with Crippen LogP contribution in [0.3, 0.4) is 0 Å². The van der Waals surface area contributed by atoms with E-state index in [2.05, 4.69) is 42.4 Å². The highest BCUT2D eigenvalue weighted by molar-refractivity contribution is 7.11. The zero-order chi connectivity index (χ0) is 20.8. The van der Waals surface area contributed by atoms with Crippen LogP contribution in [0.2, 0.25) is 0 Å². The quantitative estimate of drug-likeness (QED) is 0.301. The van der Waals surface area contributed by atoms with Crippen LogP contribution in [0.15, 0.2) is 60.1 Å². The van der Waals surface area contributed by atoms with Crippen LogP contribution < -0.4 is 5.32 Å². The van der Waals surface area contributed by atoms with Crippen LogP contribution in [0.25, 0.3) is 16.8 Å². The zero-order valence-corrected chi connectivity index (χ0v) is 16.9. The van der Waals surface area contributed by atoms with Crippen molar-refractivity contribution in [2.75, 3.05) is 5.32 Å². The number of hydrogen-bond donors (Lipinski definition) is 1. The summed E-state index contributed by atoms with van der Waals surface area (Å²) < 4.78 is 0. The van der Waals surface area contributed by atoms with Crippen molar-refractivity contribution in [3.8, 4) is 17.3 Å². The van der Waals surface area contributed by atoms with Gasteiger partial charge in [-0.1, -0.05) is 50.2 Å². The fourth-order valence-corrected chi connectivity index (χ4v) is 3.65. The molecule has 0 saturated carbocycles. The summed E-state index contributed by atoms with van der Waals surface area (Å²) in [5, 5.41) is 25.9. The number of anilines is 1. The molecule has 29 heavy (non-hydrogen) atoms. The third kappa shape index (κ3) is 5.06. The van der Waals surface area contributed by atoms with Gasteiger partial charge in [-0.3, -0.25) is 10.1 Å². The number of allylic oxidation sites excluding steroid dienone is 1. The predicted molar refractivity (Wildman–Crippen MR) is 116 cm³/mol. The van der Waals surface area contributed by atoms with Crippen LogP contribution in [0.1, 0.15) is 24.4 Å². The second kappa shape index (κ2) is 9.13. The number of aromatic nitrogens is 1. The first-order chi connectivity index (χ1) is 14.0. The summed E-state index contributed by atoms with van der Waals surface area (Å²) in [5.74, 6) is 0.600. The Hall–Kier alpha value is -3.50. The molecule has 0 bridgehead atoms. The fraction of sp³-hybridized carbons (Fsp3) is 0.182. The molecular formula is C22H20N4O2S. The third-order valence-electron chi connectivity index (χ3n) is 4.22. The number of rotatable bonds is 7. The van der Waals surface area contributed by atoms with E-state index in [9.17, 15) is 15.4 Å². The molecular weight excluding hydrogens is 384 g/mol. The van der Waals surface area contributed by atoms with Gasteiger partial charge in [-0.25, -0.2) is 4.98 Å². The minimum absolute atomic E-state index is 0.0534. The van der Waals surface area contributed by atoms with E-state index in [0.29, 0.717) is 22.2 Å². The Morgan fingerprint density at radius 3 is 2.66 bits per heavy atom. The van der Waals surface area contributed by atoms with Crippen LogP contribution in [-0.4, -0.2) is 9.91 Å². The Kier molecular flexibility index (Phi) is 6.37. The summed E-state index contributed by atoms with van der Waals surface area (Å²) in [5.41, 5.74) is 3.66. The van der Waals surface area contributed by atoms with Gasteiger partial charge in [-0.05, 0) is 24.0 Å². The topological polar surface area (TPSA) is 91.8 Å². The van der Waals surface area contributed by atoms with Gasteiger partial charge in [-0.2, -0.15) is 5.26 Å². The molecule has 2 aromatic carbocycles. The van der Waals surface area contributed by atoms with Gasteiger partial charge in [0.15, 0.2) is 0 Å². The van der Waals surface area contributed by atoms with Gasteiger partial charge in [0.25, 0.3) is 5.69 Å². The lowest BCUT2D eigenvalue weighted by atomic mass is 10.0. The van der Waals surface area contributed by atoms with E-state index in [-0.39, 0.29) is 5.69 Å². The van der Waals surface area contributed by atoms with Crippen LogP contribution >= 0.6 is 11.3 Å². The Morgan fingerprint density at radius 2 is 2.00 bits per heavy atom. The van der Waals surface area contributed by atoms with Crippen molar-refractivity contribution in [1.82, 2.24) is 4.98 Å². The van der Waals surface area contributed by atoms with Crippen LogP contribution in [0.5, 0.6) is 0 Å². The number of nitro groups is 1. The second-order valence-electron chi connectivity index (χ2n) is 6.92. The molecule has 0 fully saturated rings. The average Bonchev–Trinajstić information content (AvgIpc) is 3.19. The van der Waals surface area contributed by atoms with Gasteiger partial charge in [-0.15, -0.1) is 11.3 Å². The molecule has 1 heterocycles. The van der Waals surface area contributed by atoms with Gasteiger partial charge < -0.3 is 5.32 Å². The van der Waals surface area contributed by atoms with Crippen molar-refractivity contribution < 1.29 is 4.92 Å². The minimum atomic E-state index is -0.466. The zero-order valence-electron chi connectivity index (χ0n) is 16.1. The molecule has 1 N–H and O–H groups in total. The first-order valence-corrected chi connectivity index (χ1v) is 10.0. The lowest BCUT2D eigenvalue weighted by Crippen LogP contribution is -1.96. The molecule has 0 radical (unpaired) electrons. The Labute approximate surface area is 173 Å². The van der Waals surface area contributed by atoms with E-state index in [1.54, 1.807) is 18.2 Å². The molecule has 7 heteroatoms. The first kappa shape index (κ1) is 20.2. The molecule has 3 rings (SSSR count). The predicted octanol–water partition coefficient (Wildman–Crippen LogP) is 5.89. The van der Waals surface area contributed by atoms with Crippen molar-refractivity contribution in [2.45, 2.75) is 20.3 Å². The minimum Gasteiger partial charge on any atom is -0.355 e. The number of nitro benzene ring substituents is 1. The van der Waals surface area contributed by atoms with Crippen LogP contribution in [0.4, 0.5) is 11.4 Å². The lowest BCUT2D eigenvalue weighted by Gasteiger charge is -2.05. The molecule has 0 aliphatic rings. The van der Waals surface area contributed by atoms with Gasteiger partial charge in [0.1, 0.15) is 22.3 Å². The van der Waals surface area contributed by atoms with Gasteiger partial charge >= 0.3 is 0 Å². The van der Waals surface area contributed by atoms with Crippen LogP contribution in [0, 0.1) is 27.4 Å². The highest BCUT2D eigenvalue weighted by Crippen LogP contribution is 2.28. The molecule has 1 aromatic heterocycles. The number of nitrogens with one attached hydrogen (secondary N) is 1. The standard InChI is InChI=1S/C22H20N4O2S/c1-15(2)11-16-7-9-17(10-8-16)20-14-29-22(25-20)18(12-23)13-24-19-5-3-4-6-21(19)26(27)28/h3-10,13-15,24H,11H2,1-2H3/b18-13+. The van der Waals surface area contributed by atoms with E-state index in [1.165, 1.54) is 29.2 Å². The number of benzene rings is 2. The summed E-state index contributed by atoms with van der Waals surface area (Å²) in [4.78, 5) is 15.2. The summed E-state index contributed by atoms with van der Waals surface area (Å²) in [6, 6.07) is 16.7. The van der Waals surface area contributed by atoms with E-state index in [4.69, 9.17) is 0 Å². The maximum atomic E-state index is 11.1. The van der Waals surface area contributed by atoms with Gasteiger partial charge in [0.2, 0.25) is 0 Å². The summed E-state index contributed by atoms with van der Waals surface area (Å²) in [6.45, 7) is 4.38. The molecule has 0 aliphatic heterocycles. The molecule has 0 atom stereocenters. The number of thiazole rings is 1. The number of nitriles is 1. The molecule has 0 spiro atoms. The summed E-state index contributed by atoms with van der Waals surface area (Å²) >= 11 is 1.36. The molecule has 6 nitrogen and oxygen atoms in total. The molecule has 0 aliphatic carbocycles. The van der Waals surface area contributed by atoms with Crippen molar-refractivity contribution in [3.05, 3.63) is 80.8 Å². The monoisotopic (exact) mass is 404 g/mol. The normalized spacial score (nSPS) is 11.3. The average molecular weight is 404 g/mol. The van der Waals surface area contributed by atoms with Crippen molar-refractivity contribution in [3.63, 3.8) is 0 Å². The maximum absolute atomic E-state index is 11.1. The SMILES string of the molecule is CC(C)Cc1ccc(-c2csc(/C(C#N)=C/Nc3ccccc3[N+](=O)[O-])n2)cc1. The Balaban J connectivity index is 1.80. The molecule has 3 aromatic rings. The molecule has 0 amide bonds. The lowest BCUT2D eigenvalue weighted by molar-refractivity contribution is -0.383. The van der Waals surface area contributed by atoms with Crippen LogP contribution in [-0.2, 0) is 6.42 Å². The molecule has 0 saturated heterocycles. The highest BCUT2D eigenvalue weighted by Gasteiger charge is 2.13. The van der Waals surface area contributed by atoms with E-state index < -0.39 is 4.92 Å². The fourth-order valence-electron chi connectivity index (χ4n) is 2.86. The summed E-state index contributed by atoms with van der Waals surface area (Å²) in [7, 11) is 0. The Bertz CT molecular complexity index is 1080. The molecule has 146 valence electrons. The van der Waals surface area contributed by atoms with E-state index in [1.807, 2.05) is 17.5 Å². The smallest absolute Gasteiger partial charge is 0.292 e. The van der Waals surface area contributed by atoms with Crippen molar-refractivity contribution >= 4 is 28.3 Å². The Morgan fingerprint density at radius 1 is 1.28 bits per heavy atom. The highest BCUT2D eigenvalue weighted by atomic mass is 32.1. The summed E-state index contributed by atoms with van der Waals surface area (Å²) in [6.07, 6.45) is 2.48. The van der Waals surface area contributed by atoms with E-state index >= 15 is 0 Å². The number of para-hydroxylation sites is 2. The van der Waals surface area contributed by atoms with E-state index in [0.717, 1.165) is 17.7 Å². The largest absolute Gasteiger partial charge is 0.355 e. The number of nitrogens with zero attached hydrogens (tertiary/aromatic N) is 3. The third-order valence-corrected chi connectivity index (χ3v) is 5.10. The van der Waals surface area contributed by atoms with Gasteiger partial charge in [0, 0.05) is 23.2 Å². The van der Waals surface area contributed by atoms with Crippen molar-refractivity contribution in [2.24, 2.45) is 5.92 Å². The van der Waals surface area contributed by atoms with Gasteiger partial charge in [0.05, 0.1) is 10.6 Å². The number of hydrogen-bond acceptors (Lipinski definition) is 6.